The first-order valence-corrected chi connectivity index (χ1v) is 8.00. The average molecular weight is 303 g/mol. The number of hydrogen-bond acceptors (Lipinski definition) is 3. The first kappa shape index (κ1) is 15.2. The molecule has 2 atom stereocenters. The summed E-state index contributed by atoms with van der Waals surface area (Å²) < 4.78 is 5.67. The predicted molar refractivity (Wildman–Crippen MR) is 86.2 cm³/mol. The zero-order chi connectivity index (χ0) is 15.7. The van der Waals surface area contributed by atoms with Crippen molar-refractivity contribution in [2.24, 2.45) is 0 Å². The summed E-state index contributed by atoms with van der Waals surface area (Å²) in [4.78, 5) is 16.7. The molecular weight excluding hydrogens is 278 g/mol. The Morgan fingerprint density at radius 1 is 1.41 bits per heavy atom. The summed E-state index contributed by atoms with van der Waals surface area (Å²) in [5.41, 5.74) is 2.28. The van der Waals surface area contributed by atoms with Crippen LogP contribution in [0, 0.1) is 6.92 Å². The fraction of sp³-hybridized carbons (Fsp3) is 0.588. The highest BCUT2D eigenvalue weighted by molar-refractivity contribution is 5.75. The van der Waals surface area contributed by atoms with E-state index in [9.17, 15) is 4.79 Å². The molecule has 1 aromatic carbocycles. The minimum Gasteiger partial charge on any atom is -0.491 e. The van der Waals surface area contributed by atoms with Gasteiger partial charge in [0.05, 0.1) is 6.04 Å². The molecule has 0 aromatic heterocycles. The van der Waals surface area contributed by atoms with Crippen LogP contribution in [0.2, 0.25) is 0 Å². The van der Waals surface area contributed by atoms with Gasteiger partial charge in [-0.2, -0.15) is 0 Å². The zero-order valence-corrected chi connectivity index (χ0v) is 13.6. The average Bonchev–Trinajstić information content (AvgIpc) is 2.89. The highest BCUT2D eigenvalue weighted by atomic mass is 16.5. The van der Waals surface area contributed by atoms with Gasteiger partial charge in [-0.05, 0) is 39.9 Å². The van der Waals surface area contributed by atoms with Crippen LogP contribution in [0.3, 0.4) is 0 Å². The summed E-state index contributed by atoms with van der Waals surface area (Å²) >= 11 is 0. The van der Waals surface area contributed by atoms with E-state index in [1.807, 2.05) is 17.0 Å². The van der Waals surface area contributed by atoms with Crippen LogP contribution < -0.4 is 10.1 Å². The van der Waals surface area contributed by atoms with E-state index in [-0.39, 0.29) is 12.1 Å². The molecule has 1 N–H and O–H groups in total. The van der Waals surface area contributed by atoms with Crippen molar-refractivity contribution in [3.63, 3.8) is 0 Å². The third kappa shape index (κ3) is 3.04. The molecule has 2 aliphatic rings. The van der Waals surface area contributed by atoms with Gasteiger partial charge in [0, 0.05) is 24.7 Å². The number of likely N-dealkylation sites (N-methyl/N-ethyl adjacent to an activating group) is 1. The van der Waals surface area contributed by atoms with Crippen LogP contribution in [0.5, 0.6) is 5.75 Å². The number of hydrogen-bond donors (Lipinski definition) is 1. The second-order valence-corrected chi connectivity index (χ2v) is 6.56. The maximum Gasteiger partial charge on any atom is 0.318 e. The molecule has 2 aliphatic heterocycles. The lowest BCUT2D eigenvalue weighted by Gasteiger charge is -2.36. The molecule has 0 radical (unpaired) electrons. The van der Waals surface area contributed by atoms with E-state index in [2.05, 4.69) is 37.3 Å². The van der Waals surface area contributed by atoms with Crippen molar-refractivity contribution in [1.82, 2.24) is 15.1 Å². The molecule has 3 rings (SSSR count). The van der Waals surface area contributed by atoms with Gasteiger partial charge < -0.3 is 19.9 Å². The zero-order valence-electron chi connectivity index (χ0n) is 13.6. The summed E-state index contributed by atoms with van der Waals surface area (Å²) in [5.74, 6) is 0.890. The Bertz CT molecular complexity index is 559. The maximum atomic E-state index is 12.6. The normalized spacial score (nSPS) is 24.1. The Balaban J connectivity index is 1.65. The van der Waals surface area contributed by atoms with Crippen LogP contribution in [0.1, 0.15) is 30.0 Å². The topological polar surface area (TPSA) is 44.8 Å². The fourth-order valence-electron chi connectivity index (χ4n) is 3.25. The Hall–Kier alpha value is -1.75. The molecule has 0 spiro atoms. The van der Waals surface area contributed by atoms with Gasteiger partial charge in [-0.1, -0.05) is 17.7 Å². The minimum atomic E-state index is -0.0397. The second kappa shape index (κ2) is 6.16. The molecule has 120 valence electrons. The number of rotatable bonds is 2. The van der Waals surface area contributed by atoms with Crippen LogP contribution in [-0.2, 0) is 0 Å². The van der Waals surface area contributed by atoms with Crippen LogP contribution in [0.15, 0.2) is 18.2 Å². The van der Waals surface area contributed by atoms with Crippen molar-refractivity contribution < 1.29 is 9.53 Å². The summed E-state index contributed by atoms with van der Waals surface area (Å²) in [6.07, 6.45) is 2.22. The SMILES string of the molecule is Cc1ccc2c(c1)[C@H](NC(=O)N1CCC[C@@H](N(C)C)C1)CO2. The summed E-state index contributed by atoms with van der Waals surface area (Å²) in [5, 5.41) is 3.13. The Kier molecular flexibility index (Phi) is 4.25. The van der Waals surface area contributed by atoms with Crippen molar-refractivity contribution >= 4 is 6.03 Å². The van der Waals surface area contributed by atoms with E-state index in [0.717, 1.165) is 37.2 Å². The van der Waals surface area contributed by atoms with Crippen LogP contribution in [0.4, 0.5) is 4.79 Å². The smallest absolute Gasteiger partial charge is 0.318 e. The number of aryl methyl sites for hydroxylation is 1. The predicted octanol–water partition coefficient (Wildman–Crippen LogP) is 2.16. The number of ether oxygens (including phenoxy) is 1. The third-order valence-electron chi connectivity index (χ3n) is 4.66. The van der Waals surface area contributed by atoms with Gasteiger partial charge in [0.15, 0.2) is 0 Å². The van der Waals surface area contributed by atoms with Gasteiger partial charge in [0.2, 0.25) is 0 Å². The molecule has 1 aromatic rings. The lowest BCUT2D eigenvalue weighted by atomic mass is 10.0. The van der Waals surface area contributed by atoms with Gasteiger partial charge in [0.1, 0.15) is 12.4 Å². The van der Waals surface area contributed by atoms with Crippen molar-refractivity contribution in [3.8, 4) is 5.75 Å². The molecular formula is C17H25N3O2. The second-order valence-electron chi connectivity index (χ2n) is 6.56. The van der Waals surface area contributed by atoms with Crippen molar-refractivity contribution in [2.45, 2.75) is 31.8 Å². The lowest BCUT2D eigenvalue weighted by Crippen LogP contribution is -2.51. The van der Waals surface area contributed by atoms with E-state index in [1.165, 1.54) is 5.56 Å². The standard InChI is InChI=1S/C17H25N3O2/c1-12-6-7-16-14(9-12)15(11-22-16)18-17(21)20-8-4-5-13(10-20)19(2)3/h6-7,9,13,15H,4-5,8,10-11H2,1-3H3,(H,18,21)/t13-,15-/m1/s1. The quantitative estimate of drug-likeness (QED) is 0.910. The van der Waals surface area contributed by atoms with E-state index >= 15 is 0 Å². The number of carbonyl (C=O) groups is 1. The number of urea groups is 1. The first-order valence-electron chi connectivity index (χ1n) is 8.00. The number of fused-ring (bicyclic) bond motifs is 1. The first-order chi connectivity index (χ1) is 10.5. The minimum absolute atomic E-state index is 0.0227. The van der Waals surface area contributed by atoms with Crippen molar-refractivity contribution in [1.29, 1.82) is 0 Å². The molecule has 0 aliphatic carbocycles. The number of carbonyl (C=O) groups excluding carboxylic acids is 1. The number of nitrogens with one attached hydrogen (secondary N) is 1. The molecule has 2 heterocycles. The summed E-state index contributed by atoms with van der Waals surface area (Å²) in [6, 6.07) is 6.56. The van der Waals surface area contributed by atoms with E-state index < -0.39 is 0 Å². The molecule has 0 bridgehead atoms. The monoisotopic (exact) mass is 303 g/mol. The fourth-order valence-corrected chi connectivity index (χ4v) is 3.25. The maximum absolute atomic E-state index is 12.6. The van der Waals surface area contributed by atoms with Gasteiger partial charge >= 0.3 is 6.03 Å². The number of benzene rings is 1. The summed E-state index contributed by atoms with van der Waals surface area (Å²) in [6.45, 7) is 4.22. The highest BCUT2D eigenvalue weighted by Gasteiger charge is 2.30. The van der Waals surface area contributed by atoms with E-state index in [0.29, 0.717) is 12.6 Å². The van der Waals surface area contributed by atoms with Gasteiger partial charge in [-0.3, -0.25) is 0 Å². The largest absolute Gasteiger partial charge is 0.491 e. The van der Waals surface area contributed by atoms with E-state index in [1.54, 1.807) is 0 Å². The highest BCUT2D eigenvalue weighted by Crippen LogP contribution is 2.33. The van der Waals surface area contributed by atoms with Crippen molar-refractivity contribution in [3.05, 3.63) is 29.3 Å². The van der Waals surface area contributed by atoms with Crippen LogP contribution >= 0.6 is 0 Å². The summed E-state index contributed by atoms with van der Waals surface area (Å²) in [7, 11) is 4.16. The van der Waals surface area contributed by atoms with Gasteiger partial charge in [-0.25, -0.2) is 4.79 Å². The number of nitrogens with zero attached hydrogens (tertiary/aromatic N) is 2. The van der Waals surface area contributed by atoms with E-state index in [4.69, 9.17) is 4.74 Å². The number of piperidine rings is 1. The van der Waals surface area contributed by atoms with Gasteiger partial charge in [-0.15, -0.1) is 0 Å². The third-order valence-corrected chi connectivity index (χ3v) is 4.66. The molecule has 5 nitrogen and oxygen atoms in total. The van der Waals surface area contributed by atoms with Gasteiger partial charge in [0.25, 0.3) is 0 Å². The molecule has 0 unspecified atom stereocenters. The lowest BCUT2D eigenvalue weighted by molar-refractivity contribution is 0.136. The van der Waals surface area contributed by atoms with Crippen molar-refractivity contribution in [2.75, 3.05) is 33.8 Å². The number of likely N-dealkylation sites (tertiary alicyclic amines) is 1. The molecule has 1 fully saturated rings. The van der Waals surface area contributed by atoms with Crippen LogP contribution in [0.25, 0.3) is 0 Å². The number of amides is 2. The molecule has 1 saturated heterocycles. The molecule has 5 heteroatoms. The Morgan fingerprint density at radius 3 is 3.00 bits per heavy atom. The van der Waals surface area contributed by atoms with Crippen LogP contribution in [-0.4, -0.2) is 55.7 Å². The molecule has 22 heavy (non-hydrogen) atoms. The molecule has 0 saturated carbocycles. The Morgan fingerprint density at radius 2 is 2.23 bits per heavy atom. The Labute approximate surface area is 132 Å². The molecule has 2 amide bonds.